The molecule has 142 valence electrons. The number of carbonyl (C=O) groups is 3. The number of rotatable bonds is 2. The highest BCUT2D eigenvalue weighted by Gasteiger charge is 2.34. The van der Waals surface area contributed by atoms with Gasteiger partial charge in [0.2, 0.25) is 5.91 Å². The van der Waals surface area contributed by atoms with Gasteiger partial charge in [-0.05, 0) is 25.8 Å². The van der Waals surface area contributed by atoms with Crippen molar-refractivity contribution in [1.29, 1.82) is 0 Å². The highest BCUT2D eigenvalue weighted by atomic mass is 32.1. The molecule has 0 fully saturated rings. The number of anilines is 1. The van der Waals surface area contributed by atoms with Crippen LogP contribution in [-0.2, 0) is 17.8 Å². The van der Waals surface area contributed by atoms with Crippen molar-refractivity contribution in [1.82, 2.24) is 19.6 Å². The Morgan fingerprint density at radius 3 is 2.78 bits per heavy atom. The lowest BCUT2D eigenvalue weighted by molar-refractivity contribution is -0.116. The average molecular weight is 387 g/mol. The molecule has 0 bridgehead atoms. The predicted octanol–water partition coefficient (Wildman–Crippen LogP) is 1.75. The van der Waals surface area contributed by atoms with E-state index in [9.17, 15) is 14.4 Å². The number of aromatic nitrogens is 2. The molecule has 27 heavy (non-hydrogen) atoms. The normalized spacial score (nSPS) is 16.9. The Hall–Kier alpha value is -2.68. The fraction of sp³-hybridized carbons (Fsp3) is 0.444. The quantitative estimate of drug-likeness (QED) is 0.850. The van der Waals surface area contributed by atoms with E-state index < -0.39 is 0 Å². The molecule has 1 N–H and O–H groups in total. The van der Waals surface area contributed by atoms with Crippen LogP contribution >= 0.6 is 11.3 Å². The summed E-state index contributed by atoms with van der Waals surface area (Å²) in [5.74, 6) is -0.403. The van der Waals surface area contributed by atoms with Gasteiger partial charge >= 0.3 is 0 Å². The van der Waals surface area contributed by atoms with Crippen molar-refractivity contribution >= 4 is 34.1 Å². The lowest BCUT2D eigenvalue weighted by Gasteiger charge is -2.27. The number of nitrogens with zero attached hydrogens (tertiary/aromatic N) is 4. The van der Waals surface area contributed by atoms with Gasteiger partial charge in [-0.1, -0.05) is 0 Å². The van der Waals surface area contributed by atoms with Crippen LogP contribution in [0.5, 0.6) is 0 Å². The van der Waals surface area contributed by atoms with Crippen molar-refractivity contribution in [2.75, 3.05) is 25.5 Å². The molecule has 8 nitrogen and oxygen atoms in total. The molecule has 2 aliphatic rings. The summed E-state index contributed by atoms with van der Waals surface area (Å²) in [6, 6.07) is 0.194. The fourth-order valence-corrected chi connectivity index (χ4v) is 4.72. The van der Waals surface area contributed by atoms with E-state index in [1.807, 2.05) is 13.8 Å². The van der Waals surface area contributed by atoms with Gasteiger partial charge in [0, 0.05) is 30.7 Å². The van der Waals surface area contributed by atoms with Crippen molar-refractivity contribution in [3.05, 3.63) is 34.0 Å². The SMILES string of the molecule is CC(C)n1cc(C(=O)N2CCc3c(sc4c3C(=O)N(C)CC(=O)N4)C2)cn1. The van der Waals surface area contributed by atoms with Gasteiger partial charge in [0.05, 0.1) is 30.4 Å². The van der Waals surface area contributed by atoms with E-state index in [1.165, 1.54) is 16.2 Å². The maximum atomic E-state index is 12.8. The number of fused-ring (bicyclic) bond motifs is 3. The Morgan fingerprint density at radius 1 is 1.30 bits per heavy atom. The van der Waals surface area contributed by atoms with E-state index in [0.717, 1.165) is 10.4 Å². The third-order valence-electron chi connectivity index (χ3n) is 4.92. The van der Waals surface area contributed by atoms with Crippen LogP contribution in [0.15, 0.2) is 12.4 Å². The number of likely N-dealkylation sites (N-methyl/N-ethyl adjacent to an activating group) is 1. The van der Waals surface area contributed by atoms with Gasteiger partial charge in [-0.2, -0.15) is 5.10 Å². The molecular weight excluding hydrogens is 366 g/mol. The Bertz CT molecular complexity index is 945. The van der Waals surface area contributed by atoms with Crippen LogP contribution < -0.4 is 5.32 Å². The second-order valence-electron chi connectivity index (χ2n) is 7.20. The van der Waals surface area contributed by atoms with E-state index in [4.69, 9.17) is 0 Å². The first kappa shape index (κ1) is 17.7. The van der Waals surface area contributed by atoms with Crippen LogP contribution in [0.1, 0.15) is 51.0 Å². The zero-order valence-corrected chi connectivity index (χ0v) is 16.3. The number of thiophene rings is 1. The van der Waals surface area contributed by atoms with Crippen molar-refractivity contribution in [2.24, 2.45) is 0 Å². The first-order valence-electron chi connectivity index (χ1n) is 8.88. The van der Waals surface area contributed by atoms with Gasteiger partial charge in [0.15, 0.2) is 0 Å². The summed E-state index contributed by atoms with van der Waals surface area (Å²) in [7, 11) is 1.63. The third kappa shape index (κ3) is 3.01. The Morgan fingerprint density at radius 2 is 2.07 bits per heavy atom. The highest BCUT2D eigenvalue weighted by molar-refractivity contribution is 7.17. The molecule has 0 radical (unpaired) electrons. The maximum absolute atomic E-state index is 12.8. The first-order valence-corrected chi connectivity index (χ1v) is 9.70. The van der Waals surface area contributed by atoms with Crippen molar-refractivity contribution < 1.29 is 14.4 Å². The molecule has 4 rings (SSSR count). The third-order valence-corrected chi connectivity index (χ3v) is 6.05. The van der Waals surface area contributed by atoms with E-state index in [-0.39, 0.29) is 30.3 Å². The van der Waals surface area contributed by atoms with Crippen molar-refractivity contribution in [3.8, 4) is 0 Å². The van der Waals surface area contributed by atoms with Crippen LogP contribution in [0, 0.1) is 0 Å². The number of amides is 3. The summed E-state index contributed by atoms with van der Waals surface area (Å²) in [4.78, 5) is 41.6. The minimum atomic E-state index is -0.197. The maximum Gasteiger partial charge on any atom is 0.257 e. The summed E-state index contributed by atoms with van der Waals surface area (Å²) in [5.41, 5.74) is 2.11. The summed E-state index contributed by atoms with van der Waals surface area (Å²) >= 11 is 1.39. The van der Waals surface area contributed by atoms with Crippen LogP contribution in [0.4, 0.5) is 5.00 Å². The summed E-state index contributed by atoms with van der Waals surface area (Å²) < 4.78 is 1.76. The predicted molar refractivity (Wildman–Crippen MR) is 101 cm³/mol. The standard InChI is InChI=1S/C18H21N5O3S/c1-10(2)23-7-11(6-19-23)17(25)22-5-4-12-13(8-22)27-16-15(12)18(26)21(3)9-14(24)20-16/h6-7,10H,4-5,8-9H2,1-3H3,(H,20,24). The minimum Gasteiger partial charge on any atom is -0.333 e. The van der Waals surface area contributed by atoms with Crippen LogP contribution in [0.2, 0.25) is 0 Å². The van der Waals surface area contributed by atoms with Crippen molar-refractivity contribution in [3.63, 3.8) is 0 Å². The highest BCUT2D eigenvalue weighted by Crippen LogP contribution is 2.39. The summed E-state index contributed by atoms with van der Waals surface area (Å²) in [6.07, 6.45) is 3.96. The molecule has 0 atom stereocenters. The number of hydrogen-bond donors (Lipinski definition) is 1. The first-order chi connectivity index (χ1) is 12.8. The fourth-order valence-electron chi connectivity index (χ4n) is 3.45. The number of carbonyl (C=O) groups excluding carboxylic acids is 3. The van der Waals surface area contributed by atoms with E-state index >= 15 is 0 Å². The lowest BCUT2D eigenvalue weighted by Crippen LogP contribution is -2.36. The molecule has 2 aliphatic heterocycles. The van der Waals surface area contributed by atoms with E-state index in [2.05, 4.69) is 10.4 Å². The summed E-state index contributed by atoms with van der Waals surface area (Å²) in [5, 5.41) is 7.67. The monoisotopic (exact) mass is 387 g/mol. The smallest absolute Gasteiger partial charge is 0.257 e. The van der Waals surface area contributed by atoms with E-state index in [0.29, 0.717) is 35.6 Å². The summed E-state index contributed by atoms with van der Waals surface area (Å²) in [6.45, 7) is 5.04. The van der Waals surface area contributed by atoms with Crippen LogP contribution in [0.25, 0.3) is 0 Å². The molecule has 0 unspecified atom stereocenters. The van der Waals surface area contributed by atoms with Crippen LogP contribution in [-0.4, -0.2) is 57.4 Å². The zero-order valence-electron chi connectivity index (χ0n) is 15.5. The van der Waals surface area contributed by atoms with Gasteiger partial charge in [-0.3, -0.25) is 19.1 Å². The van der Waals surface area contributed by atoms with Gasteiger partial charge in [0.1, 0.15) is 5.00 Å². The Kier molecular flexibility index (Phi) is 4.26. The van der Waals surface area contributed by atoms with Gasteiger partial charge in [-0.15, -0.1) is 11.3 Å². The molecule has 3 amide bonds. The largest absolute Gasteiger partial charge is 0.333 e. The van der Waals surface area contributed by atoms with Crippen molar-refractivity contribution in [2.45, 2.75) is 32.9 Å². The molecule has 2 aromatic heterocycles. The molecule has 0 aromatic carbocycles. The molecule has 9 heteroatoms. The van der Waals surface area contributed by atoms with Crippen LogP contribution in [0.3, 0.4) is 0 Å². The number of hydrogen-bond acceptors (Lipinski definition) is 5. The van der Waals surface area contributed by atoms with Gasteiger partial charge in [-0.25, -0.2) is 0 Å². The second-order valence-corrected chi connectivity index (χ2v) is 8.30. The Balaban J connectivity index is 1.61. The van der Waals surface area contributed by atoms with E-state index in [1.54, 1.807) is 29.0 Å². The molecule has 4 heterocycles. The molecule has 0 aliphatic carbocycles. The average Bonchev–Trinajstić information content (AvgIpc) is 3.22. The zero-order chi connectivity index (χ0) is 19.3. The molecule has 0 spiro atoms. The number of nitrogens with one attached hydrogen (secondary N) is 1. The Labute approximate surface area is 160 Å². The molecule has 2 aromatic rings. The minimum absolute atomic E-state index is 0.0550. The molecule has 0 saturated carbocycles. The molecular formula is C18H21N5O3S. The second kappa shape index (κ2) is 6.49. The van der Waals surface area contributed by atoms with Gasteiger partial charge < -0.3 is 15.1 Å². The molecule has 0 saturated heterocycles. The van der Waals surface area contributed by atoms with Gasteiger partial charge in [0.25, 0.3) is 11.8 Å². The lowest BCUT2D eigenvalue weighted by atomic mass is 10.0. The topological polar surface area (TPSA) is 87.5 Å².